The molecule has 1 N–H and O–H groups in total. The summed E-state index contributed by atoms with van der Waals surface area (Å²) in [6, 6.07) is 7.83. The van der Waals surface area contributed by atoms with Gasteiger partial charge in [-0.1, -0.05) is 19.1 Å². The summed E-state index contributed by atoms with van der Waals surface area (Å²) in [4.78, 5) is 13.8. The Kier molecular flexibility index (Phi) is 2.62. The molecule has 1 unspecified atom stereocenters. The van der Waals surface area contributed by atoms with Crippen LogP contribution >= 0.6 is 0 Å². The predicted molar refractivity (Wildman–Crippen MR) is 62.2 cm³/mol. The van der Waals surface area contributed by atoms with Gasteiger partial charge in [-0.05, 0) is 25.5 Å². The Bertz CT molecular complexity index is 376. The lowest BCUT2D eigenvalue weighted by atomic mass is 10.1. The molecule has 2 rings (SSSR count). The molecule has 80 valence electrons. The minimum atomic E-state index is -0.119. The van der Waals surface area contributed by atoms with Crippen molar-refractivity contribution in [3.63, 3.8) is 0 Å². The second kappa shape index (κ2) is 3.93. The van der Waals surface area contributed by atoms with Crippen molar-refractivity contribution in [3.05, 3.63) is 24.3 Å². The lowest BCUT2D eigenvalue weighted by Crippen LogP contribution is -2.45. The first-order valence-corrected chi connectivity index (χ1v) is 5.41. The molecule has 1 heterocycles. The molecule has 1 aromatic rings. The monoisotopic (exact) mass is 204 g/mol. The van der Waals surface area contributed by atoms with E-state index in [-0.39, 0.29) is 11.9 Å². The maximum atomic E-state index is 11.9. The van der Waals surface area contributed by atoms with Crippen molar-refractivity contribution in [2.24, 2.45) is 0 Å². The third-order valence-electron chi connectivity index (χ3n) is 2.65. The summed E-state index contributed by atoms with van der Waals surface area (Å²) in [6.45, 7) is 4.78. The summed E-state index contributed by atoms with van der Waals surface area (Å²) in [5.74, 6) is 0.163. The van der Waals surface area contributed by atoms with Gasteiger partial charge in [-0.2, -0.15) is 0 Å². The molecule has 1 amide bonds. The number of benzene rings is 1. The molecule has 1 aliphatic rings. The number of fused-ring (bicyclic) bond motifs is 1. The van der Waals surface area contributed by atoms with E-state index in [9.17, 15) is 4.79 Å². The van der Waals surface area contributed by atoms with Crippen LogP contribution in [-0.4, -0.2) is 18.5 Å². The fourth-order valence-corrected chi connectivity index (χ4v) is 1.93. The molecule has 0 aliphatic carbocycles. The van der Waals surface area contributed by atoms with Gasteiger partial charge < -0.3 is 10.2 Å². The number of hydrogen-bond acceptors (Lipinski definition) is 2. The average molecular weight is 204 g/mol. The van der Waals surface area contributed by atoms with Gasteiger partial charge in [0, 0.05) is 6.54 Å². The third kappa shape index (κ3) is 1.69. The molecule has 0 saturated carbocycles. The topological polar surface area (TPSA) is 32.3 Å². The Hall–Kier alpha value is -1.51. The Labute approximate surface area is 90.1 Å². The van der Waals surface area contributed by atoms with Gasteiger partial charge >= 0.3 is 0 Å². The van der Waals surface area contributed by atoms with Crippen LogP contribution in [0.1, 0.15) is 20.3 Å². The number of para-hydroxylation sites is 2. The summed E-state index contributed by atoms with van der Waals surface area (Å²) >= 11 is 0. The quantitative estimate of drug-likeness (QED) is 0.801. The molecule has 1 atom stereocenters. The molecule has 15 heavy (non-hydrogen) atoms. The van der Waals surface area contributed by atoms with Crippen LogP contribution in [0, 0.1) is 0 Å². The van der Waals surface area contributed by atoms with Crippen LogP contribution in [0.25, 0.3) is 0 Å². The summed E-state index contributed by atoms with van der Waals surface area (Å²) in [5.41, 5.74) is 2.06. The van der Waals surface area contributed by atoms with Gasteiger partial charge in [-0.15, -0.1) is 0 Å². The Morgan fingerprint density at radius 1 is 1.40 bits per heavy atom. The molecule has 3 heteroatoms. The van der Waals surface area contributed by atoms with Crippen molar-refractivity contribution < 1.29 is 4.79 Å². The number of carbonyl (C=O) groups is 1. The zero-order valence-electron chi connectivity index (χ0n) is 9.16. The Morgan fingerprint density at radius 2 is 2.13 bits per heavy atom. The summed E-state index contributed by atoms with van der Waals surface area (Å²) in [5, 5.41) is 3.21. The average Bonchev–Trinajstić information content (AvgIpc) is 2.25. The molecule has 1 aromatic carbocycles. The molecule has 0 fully saturated rings. The zero-order chi connectivity index (χ0) is 10.8. The summed E-state index contributed by atoms with van der Waals surface area (Å²) < 4.78 is 0. The van der Waals surface area contributed by atoms with Gasteiger partial charge in [0.2, 0.25) is 5.91 Å². The first-order chi connectivity index (χ1) is 7.24. The van der Waals surface area contributed by atoms with Crippen molar-refractivity contribution in [1.82, 2.24) is 0 Å². The fourth-order valence-electron chi connectivity index (χ4n) is 1.93. The number of hydrogen-bond donors (Lipinski definition) is 1. The molecule has 0 spiro atoms. The van der Waals surface area contributed by atoms with E-state index < -0.39 is 0 Å². The fraction of sp³-hybridized carbons (Fsp3) is 0.417. The van der Waals surface area contributed by atoms with Crippen LogP contribution in [0.3, 0.4) is 0 Å². The van der Waals surface area contributed by atoms with Crippen molar-refractivity contribution in [3.8, 4) is 0 Å². The van der Waals surface area contributed by atoms with E-state index in [1.54, 1.807) is 0 Å². The molecule has 1 aliphatic heterocycles. The number of anilines is 2. The number of rotatable bonds is 2. The van der Waals surface area contributed by atoms with Gasteiger partial charge in [-0.3, -0.25) is 4.79 Å². The first-order valence-electron chi connectivity index (χ1n) is 5.41. The third-order valence-corrected chi connectivity index (χ3v) is 2.65. The highest BCUT2D eigenvalue weighted by Crippen LogP contribution is 2.30. The highest BCUT2D eigenvalue weighted by Gasteiger charge is 2.28. The van der Waals surface area contributed by atoms with Crippen molar-refractivity contribution in [2.75, 3.05) is 16.8 Å². The van der Waals surface area contributed by atoms with E-state index in [2.05, 4.69) is 12.2 Å². The minimum Gasteiger partial charge on any atom is -0.372 e. The highest BCUT2D eigenvalue weighted by atomic mass is 16.2. The lowest BCUT2D eigenvalue weighted by Gasteiger charge is -2.33. The van der Waals surface area contributed by atoms with Crippen LogP contribution in [0.15, 0.2) is 24.3 Å². The largest absolute Gasteiger partial charge is 0.372 e. The van der Waals surface area contributed by atoms with Crippen LogP contribution < -0.4 is 10.2 Å². The summed E-state index contributed by atoms with van der Waals surface area (Å²) in [6.07, 6.45) is 0.979. The Morgan fingerprint density at radius 3 is 2.87 bits per heavy atom. The van der Waals surface area contributed by atoms with Crippen LogP contribution in [-0.2, 0) is 4.79 Å². The maximum Gasteiger partial charge on any atom is 0.249 e. The zero-order valence-corrected chi connectivity index (χ0v) is 9.16. The predicted octanol–water partition coefficient (Wildman–Crippen LogP) is 2.24. The van der Waals surface area contributed by atoms with E-state index in [1.165, 1.54) is 0 Å². The van der Waals surface area contributed by atoms with Gasteiger partial charge in [-0.25, -0.2) is 0 Å². The van der Waals surface area contributed by atoms with Gasteiger partial charge in [0.1, 0.15) is 6.04 Å². The van der Waals surface area contributed by atoms with Crippen LogP contribution in [0.2, 0.25) is 0 Å². The lowest BCUT2D eigenvalue weighted by molar-refractivity contribution is -0.119. The number of nitrogens with one attached hydrogen (secondary N) is 1. The number of nitrogens with zero attached hydrogens (tertiary/aromatic N) is 1. The van der Waals surface area contributed by atoms with E-state index in [0.717, 1.165) is 24.3 Å². The standard InChI is InChI=1S/C12H16N2O/c1-3-8-14-11-7-5-4-6-10(11)13-9(2)12(14)15/h4-7,9,13H,3,8H2,1-2H3. The van der Waals surface area contributed by atoms with Gasteiger partial charge in [0.15, 0.2) is 0 Å². The van der Waals surface area contributed by atoms with Crippen molar-refractivity contribution >= 4 is 17.3 Å². The number of carbonyl (C=O) groups excluding carboxylic acids is 1. The second-order valence-electron chi connectivity index (χ2n) is 3.87. The van der Waals surface area contributed by atoms with E-state index >= 15 is 0 Å². The van der Waals surface area contributed by atoms with E-state index in [1.807, 2.05) is 36.1 Å². The number of amides is 1. The molecule has 0 bridgehead atoms. The van der Waals surface area contributed by atoms with Crippen molar-refractivity contribution in [1.29, 1.82) is 0 Å². The smallest absolute Gasteiger partial charge is 0.249 e. The van der Waals surface area contributed by atoms with Gasteiger partial charge in [0.05, 0.1) is 11.4 Å². The molecular formula is C12H16N2O. The van der Waals surface area contributed by atoms with Crippen LogP contribution in [0.5, 0.6) is 0 Å². The maximum absolute atomic E-state index is 11.9. The molecule has 0 saturated heterocycles. The highest BCUT2D eigenvalue weighted by molar-refractivity contribution is 6.04. The van der Waals surface area contributed by atoms with E-state index in [4.69, 9.17) is 0 Å². The Balaban J connectivity index is 2.40. The molecule has 0 aromatic heterocycles. The second-order valence-corrected chi connectivity index (χ2v) is 3.87. The molecule has 3 nitrogen and oxygen atoms in total. The molecule has 0 radical (unpaired) electrons. The minimum absolute atomic E-state index is 0.119. The molecular weight excluding hydrogens is 188 g/mol. The summed E-state index contributed by atoms with van der Waals surface area (Å²) in [7, 11) is 0. The van der Waals surface area contributed by atoms with Gasteiger partial charge in [0.25, 0.3) is 0 Å². The normalized spacial score (nSPS) is 19.7. The van der Waals surface area contributed by atoms with E-state index in [0.29, 0.717) is 0 Å². The SMILES string of the molecule is CCCN1C(=O)C(C)Nc2ccccc21. The first kappa shape index (κ1) is 10.0. The van der Waals surface area contributed by atoms with Crippen molar-refractivity contribution in [2.45, 2.75) is 26.3 Å². The van der Waals surface area contributed by atoms with Crippen LogP contribution in [0.4, 0.5) is 11.4 Å².